The molecule has 0 aliphatic heterocycles. The van der Waals surface area contributed by atoms with Gasteiger partial charge in [-0.05, 0) is 37.1 Å². The number of carbonyl (C=O) groups is 2. The SMILES string of the molecule is CCCCCCCCCCCC1=C(O)C(Nc2ccc(Cl)cc2)=CC(=O)C1=O. The molecular formula is C23H30ClNO3. The van der Waals surface area contributed by atoms with E-state index in [1.807, 2.05) is 0 Å². The molecule has 1 aliphatic carbocycles. The van der Waals surface area contributed by atoms with E-state index < -0.39 is 11.6 Å². The van der Waals surface area contributed by atoms with E-state index in [-0.39, 0.29) is 17.0 Å². The summed E-state index contributed by atoms with van der Waals surface area (Å²) in [4.78, 5) is 24.2. The van der Waals surface area contributed by atoms with Gasteiger partial charge in [0.25, 0.3) is 0 Å². The van der Waals surface area contributed by atoms with E-state index in [0.29, 0.717) is 17.1 Å². The second kappa shape index (κ2) is 11.7. The molecule has 0 saturated heterocycles. The van der Waals surface area contributed by atoms with Gasteiger partial charge in [0.2, 0.25) is 11.6 Å². The van der Waals surface area contributed by atoms with Gasteiger partial charge in [-0.3, -0.25) is 9.59 Å². The molecule has 1 aromatic carbocycles. The molecule has 0 atom stereocenters. The average molecular weight is 404 g/mol. The first-order valence-corrected chi connectivity index (χ1v) is 10.7. The second-order valence-corrected chi connectivity index (χ2v) is 7.73. The van der Waals surface area contributed by atoms with Crippen LogP contribution in [0.4, 0.5) is 5.69 Å². The third kappa shape index (κ3) is 6.83. The minimum Gasteiger partial charge on any atom is -0.505 e. The summed E-state index contributed by atoms with van der Waals surface area (Å²) in [5.41, 5.74) is 1.16. The van der Waals surface area contributed by atoms with Crippen LogP contribution in [-0.4, -0.2) is 16.7 Å². The normalized spacial score (nSPS) is 14.4. The van der Waals surface area contributed by atoms with E-state index in [4.69, 9.17) is 11.6 Å². The molecule has 0 amide bonds. The largest absolute Gasteiger partial charge is 0.505 e. The summed E-state index contributed by atoms with van der Waals surface area (Å²) in [5, 5.41) is 14.1. The summed E-state index contributed by atoms with van der Waals surface area (Å²) in [6.45, 7) is 2.22. The Labute approximate surface area is 172 Å². The second-order valence-electron chi connectivity index (χ2n) is 7.29. The predicted molar refractivity (Wildman–Crippen MR) is 115 cm³/mol. The Bertz CT molecular complexity index is 735. The zero-order valence-corrected chi connectivity index (χ0v) is 17.4. The van der Waals surface area contributed by atoms with Gasteiger partial charge >= 0.3 is 0 Å². The lowest BCUT2D eigenvalue weighted by molar-refractivity contribution is -0.132. The fourth-order valence-electron chi connectivity index (χ4n) is 3.31. The van der Waals surface area contributed by atoms with Crippen molar-refractivity contribution in [1.82, 2.24) is 0 Å². The number of nitrogens with one attached hydrogen (secondary N) is 1. The number of ketones is 2. The number of Topliss-reactive ketones (excluding diaryl/α,β-unsaturated/α-hetero) is 1. The van der Waals surface area contributed by atoms with Crippen LogP contribution in [0.5, 0.6) is 0 Å². The number of aliphatic hydroxyl groups is 1. The molecule has 5 heteroatoms. The van der Waals surface area contributed by atoms with Crippen LogP contribution in [0.1, 0.15) is 71.1 Å². The van der Waals surface area contributed by atoms with Crippen LogP contribution >= 0.6 is 11.6 Å². The maximum atomic E-state index is 12.2. The highest BCUT2D eigenvalue weighted by atomic mass is 35.5. The number of hydrogen-bond donors (Lipinski definition) is 2. The standard InChI is InChI=1S/C23H30ClNO3/c1-2-3-4-5-6-7-8-9-10-11-19-22(27)20(16-21(26)23(19)28)25-18-14-12-17(24)13-15-18/h12-16,25,27H,2-11H2,1H3. The molecular weight excluding hydrogens is 374 g/mol. The molecule has 1 aliphatic rings. The first kappa shape index (κ1) is 22.2. The zero-order valence-electron chi connectivity index (χ0n) is 16.6. The van der Waals surface area contributed by atoms with Gasteiger partial charge in [-0.15, -0.1) is 0 Å². The topological polar surface area (TPSA) is 66.4 Å². The number of aliphatic hydroxyl groups excluding tert-OH is 1. The van der Waals surface area contributed by atoms with Gasteiger partial charge in [0, 0.05) is 22.4 Å². The minimum absolute atomic E-state index is 0.126. The monoisotopic (exact) mass is 403 g/mol. The number of unbranched alkanes of at least 4 members (excludes halogenated alkanes) is 8. The van der Waals surface area contributed by atoms with Crippen molar-refractivity contribution in [3.8, 4) is 0 Å². The Morgan fingerprint density at radius 1 is 0.893 bits per heavy atom. The summed E-state index contributed by atoms with van der Waals surface area (Å²) in [6, 6.07) is 6.92. The van der Waals surface area contributed by atoms with E-state index in [1.54, 1.807) is 24.3 Å². The van der Waals surface area contributed by atoms with Gasteiger partial charge < -0.3 is 10.4 Å². The number of halogens is 1. The van der Waals surface area contributed by atoms with Crippen LogP contribution in [0.2, 0.25) is 5.02 Å². The first-order chi connectivity index (χ1) is 13.5. The molecule has 4 nitrogen and oxygen atoms in total. The number of rotatable bonds is 12. The summed E-state index contributed by atoms with van der Waals surface area (Å²) < 4.78 is 0. The number of anilines is 1. The first-order valence-electron chi connectivity index (χ1n) is 10.3. The van der Waals surface area contributed by atoms with E-state index in [9.17, 15) is 14.7 Å². The van der Waals surface area contributed by atoms with Crippen LogP contribution in [0.15, 0.2) is 47.4 Å². The van der Waals surface area contributed by atoms with Crippen LogP contribution in [0.3, 0.4) is 0 Å². The van der Waals surface area contributed by atoms with Crippen molar-refractivity contribution in [2.24, 2.45) is 0 Å². The fraction of sp³-hybridized carbons (Fsp3) is 0.478. The predicted octanol–water partition coefficient (Wildman–Crippen LogP) is 6.52. The number of hydrogen-bond acceptors (Lipinski definition) is 4. The Kier molecular flexibility index (Phi) is 9.29. The number of carbonyl (C=O) groups excluding carboxylic acids is 2. The maximum absolute atomic E-state index is 12.2. The smallest absolute Gasteiger partial charge is 0.232 e. The van der Waals surface area contributed by atoms with E-state index in [1.165, 1.54) is 38.5 Å². The van der Waals surface area contributed by atoms with Crippen LogP contribution in [-0.2, 0) is 9.59 Å². The molecule has 0 heterocycles. The highest BCUT2D eigenvalue weighted by Gasteiger charge is 2.28. The molecule has 0 bridgehead atoms. The van der Waals surface area contributed by atoms with Crippen molar-refractivity contribution in [3.63, 3.8) is 0 Å². The molecule has 0 spiro atoms. The lowest BCUT2D eigenvalue weighted by Crippen LogP contribution is -2.24. The maximum Gasteiger partial charge on any atom is 0.232 e. The Morgan fingerprint density at radius 3 is 2.07 bits per heavy atom. The van der Waals surface area contributed by atoms with E-state index >= 15 is 0 Å². The number of allylic oxidation sites excluding steroid dienone is 2. The molecule has 0 unspecified atom stereocenters. The summed E-state index contributed by atoms with van der Waals surface area (Å²) in [5.74, 6) is -1.32. The minimum atomic E-state index is -0.598. The van der Waals surface area contributed by atoms with E-state index in [0.717, 1.165) is 25.3 Å². The molecule has 152 valence electrons. The molecule has 2 rings (SSSR count). The van der Waals surface area contributed by atoms with Gasteiger partial charge in [0.1, 0.15) is 5.76 Å². The molecule has 0 fully saturated rings. The highest BCUT2D eigenvalue weighted by molar-refractivity contribution is 6.48. The Morgan fingerprint density at radius 2 is 1.46 bits per heavy atom. The lowest BCUT2D eigenvalue weighted by Gasteiger charge is -2.18. The molecule has 0 saturated carbocycles. The molecule has 2 N–H and O–H groups in total. The third-order valence-electron chi connectivity index (χ3n) is 4.97. The van der Waals surface area contributed by atoms with Crippen LogP contribution in [0, 0.1) is 0 Å². The van der Waals surface area contributed by atoms with Crippen molar-refractivity contribution in [3.05, 3.63) is 52.4 Å². The van der Waals surface area contributed by atoms with Crippen LogP contribution in [0.25, 0.3) is 0 Å². The van der Waals surface area contributed by atoms with Gasteiger partial charge in [-0.25, -0.2) is 0 Å². The van der Waals surface area contributed by atoms with Crippen LogP contribution < -0.4 is 5.32 Å². The molecule has 28 heavy (non-hydrogen) atoms. The summed E-state index contributed by atoms with van der Waals surface area (Å²) in [6.07, 6.45) is 12.1. The highest BCUT2D eigenvalue weighted by Crippen LogP contribution is 2.26. The van der Waals surface area contributed by atoms with Gasteiger partial charge in [-0.2, -0.15) is 0 Å². The van der Waals surface area contributed by atoms with Crippen molar-refractivity contribution in [2.45, 2.75) is 71.1 Å². The fourth-order valence-corrected chi connectivity index (χ4v) is 3.44. The average Bonchev–Trinajstić information content (AvgIpc) is 2.68. The van der Waals surface area contributed by atoms with E-state index in [2.05, 4.69) is 12.2 Å². The van der Waals surface area contributed by atoms with Gasteiger partial charge in [0.05, 0.1) is 5.70 Å². The molecule has 1 aromatic rings. The third-order valence-corrected chi connectivity index (χ3v) is 5.22. The zero-order chi connectivity index (χ0) is 20.4. The van der Waals surface area contributed by atoms with Gasteiger partial charge in [0.15, 0.2) is 0 Å². The molecule has 0 radical (unpaired) electrons. The lowest BCUT2D eigenvalue weighted by atomic mass is 9.93. The summed E-state index contributed by atoms with van der Waals surface area (Å²) >= 11 is 5.87. The van der Waals surface area contributed by atoms with Crippen molar-refractivity contribution in [1.29, 1.82) is 0 Å². The van der Waals surface area contributed by atoms with Crippen molar-refractivity contribution < 1.29 is 14.7 Å². The summed E-state index contributed by atoms with van der Waals surface area (Å²) in [7, 11) is 0. The Hall–Kier alpha value is -2.07. The van der Waals surface area contributed by atoms with Crippen molar-refractivity contribution in [2.75, 3.05) is 5.32 Å². The molecule has 0 aromatic heterocycles. The number of benzene rings is 1. The quantitative estimate of drug-likeness (QED) is 0.237. The Balaban J connectivity index is 1.85. The van der Waals surface area contributed by atoms with Crippen molar-refractivity contribution >= 4 is 28.9 Å². The van der Waals surface area contributed by atoms with Gasteiger partial charge in [-0.1, -0.05) is 69.9 Å².